The number of nitrogens with two attached hydrogens (primary N) is 1. The number of pyridine rings is 1. The molecule has 0 unspecified atom stereocenters. The molecule has 1 atom stereocenters. The van der Waals surface area contributed by atoms with Gasteiger partial charge in [0.25, 0.3) is 0 Å². The smallest absolute Gasteiger partial charge is 0.419 e. The maximum Gasteiger partial charge on any atom is 0.419 e. The number of primary amides is 1. The van der Waals surface area contributed by atoms with Gasteiger partial charge in [0, 0.05) is 18.0 Å². The maximum absolute atomic E-state index is 13.8. The van der Waals surface area contributed by atoms with Crippen LogP contribution >= 0.6 is 0 Å². The number of aromatic nitrogens is 2. The summed E-state index contributed by atoms with van der Waals surface area (Å²) in [6, 6.07) is 7.26. The minimum Gasteiger partial charge on any atom is -0.489 e. The Morgan fingerprint density at radius 2 is 1.97 bits per heavy atom. The summed E-state index contributed by atoms with van der Waals surface area (Å²) >= 11 is 0. The lowest BCUT2D eigenvalue weighted by Gasteiger charge is -2.30. The van der Waals surface area contributed by atoms with Crippen molar-refractivity contribution in [1.82, 2.24) is 9.97 Å². The minimum atomic E-state index is -4.65. The summed E-state index contributed by atoms with van der Waals surface area (Å²) in [4.78, 5) is 18.5. The number of carbonyl (C=O) groups excluding carboxylic acids is 1. The lowest BCUT2D eigenvalue weighted by Crippen LogP contribution is -2.41. The molecule has 3 N–H and O–H groups in total. The number of fused-ring (bicyclic) bond motifs is 1. The number of nitrogens with zero attached hydrogens (tertiary/aromatic N) is 1. The van der Waals surface area contributed by atoms with E-state index in [9.17, 15) is 18.0 Å². The average molecular weight is 435 g/mol. The van der Waals surface area contributed by atoms with Gasteiger partial charge in [0.2, 0.25) is 0 Å². The summed E-state index contributed by atoms with van der Waals surface area (Å²) < 4.78 is 52.2. The Bertz CT molecular complexity index is 1080. The number of ether oxygens (including phenoxy) is 2. The Balaban J connectivity index is 1.96. The van der Waals surface area contributed by atoms with Crippen LogP contribution in [0.2, 0.25) is 0 Å². The van der Waals surface area contributed by atoms with Gasteiger partial charge in [-0.1, -0.05) is 19.9 Å². The van der Waals surface area contributed by atoms with Crippen molar-refractivity contribution < 1.29 is 27.4 Å². The van der Waals surface area contributed by atoms with E-state index in [1.807, 2.05) is 13.8 Å². The maximum atomic E-state index is 13.8. The SMILES string of the molecule is CC(C)C[C@@](C)(COc1ccc(-c2ccnc3cc[nH]c23)cc1C(F)(F)F)OC(N)=O. The summed E-state index contributed by atoms with van der Waals surface area (Å²) in [5.41, 5.74) is 5.31. The number of hydrogen-bond acceptors (Lipinski definition) is 4. The average Bonchev–Trinajstić information content (AvgIpc) is 3.13. The molecule has 0 aliphatic heterocycles. The van der Waals surface area contributed by atoms with E-state index in [-0.39, 0.29) is 18.3 Å². The Kier molecular flexibility index (Phi) is 6.15. The van der Waals surface area contributed by atoms with Crippen molar-refractivity contribution in [2.45, 2.75) is 39.0 Å². The molecular weight excluding hydrogens is 411 g/mol. The number of hydrogen-bond donors (Lipinski definition) is 2. The van der Waals surface area contributed by atoms with Crippen molar-refractivity contribution in [3.05, 3.63) is 48.3 Å². The molecule has 0 spiro atoms. The first-order chi connectivity index (χ1) is 14.5. The van der Waals surface area contributed by atoms with Gasteiger partial charge < -0.3 is 20.2 Å². The summed E-state index contributed by atoms with van der Waals surface area (Å²) in [6.07, 6.45) is -2.06. The van der Waals surface area contributed by atoms with Crippen LogP contribution in [0.15, 0.2) is 42.7 Å². The molecule has 1 aromatic carbocycles. The zero-order chi connectivity index (χ0) is 22.8. The number of benzene rings is 1. The van der Waals surface area contributed by atoms with Gasteiger partial charge in [-0.3, -0.25) is 4.98 Å². The highest BCUT2D eigenvalue weighted by molar-refractivity contribution is 5.91. The van der Waals surface area contributed by atoms with Crippen molar-refractivity contribution in [3.63, 3.8) is 0 Å². The fraction of sp³-hybridized carbons (Fsp3) is 0.364. The van der Waals surface area contributed by atoms with Gasteiger partial charge in [-0.05, 0) is 49.1 Å². The number of rotatable bonds is 7. The molecule has 2 aromatic heterocycles. The Morgan fingerprint density at radius 3 is 2.61 bits per heavy atom. The van der Waals surface area contributed by atoms with Gasteiger partial charge in [-0.15, -0.1) is 0 Å². The second-order valence-corrected chi connectivity index (χ2v) is 8.06. The molecule has 0 bridgehead atoms. The molecule has 0 aliphatic rings. The van der Waals surface area contributed by atoms with Crippen molar-refractivity contribution >= 4 is 17.1 Å². The number of nitrogens with one attached hydrogen (secondary N) is 1. The minimum absolute atomic E-state index is 0.104. The molecule has 31 heavy (non-hydrogen) atoms. The topological polar surface area (TPSA) is 90.2 Å². The van der Waals surface area contributed by atoms with Gasteiger partial charge in [-0.2, -0.15) is 13.2 Å². The summed E-state index contributed by atoms with van der Waals surface area (Å²) in [5, 5.41) is 0. The zero-order valence-corrected chi connectivity index (χ0v) is 17.4. The van der Waals surface area contributed by atoms with Crippen molar-refractivity contribution in [2.24, 2.45) is 11.7 Å². The van der Waals surface area contributed by atoms with E-state index >= 15 is 0 Å². The van der Waals surface area contributed by atoms with Crippen molar-refractivity contribution in [2.75, 3.05) is 6.61 Å². The molecule has 0 saturated heterocycles. The Hall–Kier alpha value is -3.23. The molecule has 6 nitrogen and oxygen atoms in total. The quantitative estimate of drug-likeness (QED) is 0.511. The molecule has 0 fully saturated rings. The van der Waals surface area contributed by atoms with Crippen molar-refractivity contribution in [1.29, 1.82) is 0 Å². The van der Waals surface area contributed by atoms with Crippen LogP contribution in [-0.4, -0.2) is 28.3 Å². The third-order valence-corrected chi connectivity index (χ3v) is 4.77. The largest absolute Gasteiger partial charge is 0.489 e. The van der Waals surface area contributed by atoms with Gasteiger partial charge in [0.1, 0.15) is 18.0 Å². The van der Waals surface area contributed by atoms with E-state index < -0.39 is 23.4 Å². The first kappa shape index (κ1) is 22.5. The number of carbonyl (C=O) groups is 1. The number of aromatic amines is 1. The number of amides is 1. The number of halogens is 3. The monoisotopic (exact) mass is 435 g/mol. The molecule has 0 aliphatic carbocycles. The molecule has 9 heteroatoms. The number of alkyl halides is 3. The zero-order valence-electron chi connectivity index (χ0n) is 17.4. The summed E-state index contributed by atoms with van der Waals surface area (Å²) in [7, 11) is 0. The molecule has 1 amide bonds. The normalized spacial score (nSPS) is 13.9. The third kappa shape index (κ3) is 5.28. The second kappa shape index (κ2) is 8.49. The predicted molar refractivity (Wildman–Crippen MR) is 111 cm³/mol. The van der Waals surface area contributed by atoms with Crippen LogP contribution in [0.25, 0.3) is 22.2 Å². The molecular formula is C22H24F3N3O3. The first-order valence-corrected chi connectivity index (χ1v) is 9.73. The van der Waals surface area contributed by atoms with E-state index in [1.165, 1.54) is 6.07 Å². The van der Waals surface area contributed by atoms with Crippen molar-refractivity contribution in [3.8, 4) is 16.9 Å². The molecule has 166 valence electrons. The Labute approximate surface area is 177 Å². The molecule has 3 aromatic rings. The first-order valence-electron chi connectivity index (χ1n) is 9.73. The van der Waals surface area contributed by atoms with E-state index in [1.54, 1.807) is 37.5 Å². The Morgan fingerprint density at radius 1 is 1.23 bits per heavy atom. The van der Waals surface area contributed by atoms with Gasteiger partial charge in [0.15, 0.2) is 0 Å². The lowest BCUT2D eigenvalue weighted by atomic mass is 9.94. The summed E-state index contributed by atoms with van der Waals surface area (Å²) in [5.74, 6) is -0.247. The van der Waals surface area contributed by atoms with E-state index in [0.717, 1.165) is 6.07 Å². The van der Waals surface area contributed by atoms with Crippen LogP contribution < -0.4 is 10.5 Å². The van der Waals surface area contributed by atoms with E-state index in [2.05, 4.69) is 9.97 Å². The molecule has 0 saturated carbocycles. The van der Waals surface area contributed by atoms with Crippen LogP contribution in [0, 0.1) is 5.92 Å². The molecule has 2 heterocycles. The van der Waals surface area contributed by atoms with Crippen LogP contribution in [0.1, 0.15) is 32.8 Å². The second-order valence-electron chi connectivity index (χ2n) is 8.06. The lowest BCUT2D eigenvalue weighted by molar-refractivity contribution is -0.139. The highest BCUT2D eigenvalue weighted by Gasteiger charge is 2.37. The van der Waals surface area contributed by atoms with Crippen LogP contribution in [0.5, 0.6) is 5.75 Å². The van der Waals surface area contributed by atoms with Crippen LogP contribution in [-0.2, 0) is 10.9 Å². The van der Waals surface area contributed by atoms with Gasteiger partial charge in [-0.25, -0.2) is 4.79 Å². The fourth-order valence-electron chi connectivity index (χ4n) is 3.71. The highest BCUT2D eigenvalue weighted by atomic mass is 19.4. The van der Waals surface area contributed by atoms with Crippen LogP contribution in [0.4, 0.5) is 18.0 Å². The highest BCUT2D eigenvalue weighted by Crippen LogP contribution is 2.40. The van der Waals surface area contributed by atoms with Gasteiger partial charge >= 0.3 is 12.3 Å². The summed E-state index contributed by atoms with van der Waals surface area (Å²) in [6.45, 7) is 5.11. The van der Waals surface area contributed by atoms with Crippen LogP contribution in [0.3, 0.4) is 0 Å². The van der Waals surface area contributed by atoms with E-state index in [0.29, 0.717) is 28.6 Å². The predicted octanol–water partition coefficient (Wildman–Crippen LogP) is 5.53. The van der Waals surface area contributed by atoms with Gasteiger partial charge in [0.05, 0.1) is 16.6 Å². The standard InChI is InChI=1S/C22H24F3N3O3/c1-13(2)11-21(3,31-20(26)29)12-30-18-5-4-14(10-16(18)22(23,24)25)15-6-8-27-17-7-9-28-19(15)17/h4-10,13,28H,11-12H2,1-3H3,(H2,26,29)/t21-/m0/s1. The van der Waals surface area contributed by atoms with E-state index in [4.69, 9.17) is 15.2 Å². The molecule has 3 rings (SSSR count). The number of H-pyrrole nitrogens is 1. The third-order valence-electron chi connectivity index (χ3n) is 4.77. The fourth-order valence-corrected chi connectivity index (χ4v) is 3.71. The molecule has 0 radical (unpaired) electrons.